The molecule has 0 unspecified atom stereocenters. The second kappa shape index (κ2) is 11.2. The molecule has 0 saturated heterocycles. The van der Waals surface area contributed by atoms with Crippen molar-refractivity contribution in [3.63, 3.8) is 0 Å². The molecule has 4 heterocycles. The lowest BCUT2D eigenvalue weighted by Gasteiger charge is -2.13. The fraction of sp³-hybridized carbons (Fsp3) is 0. The van der Waals surface area contributed by atoms with Crippen molar-refractivity contribution in [2.75, 3.05) is 0 Å². The van der Waals surface area contributed by atoms with Gasteiger partial charge in [0, 0.05) is 50.6 Å². The summed E-state index contributed by atoms with van der Waals surface area (Å²) in [6, 6.07) is 49.8. The first-order valence-electron chi connectivity index (χ1n) is 17.2. The molecule has 6 nitrogen and oxygen atoms in total. The summed E-state index contributed by atoms with van der Waals surface area (Å²) in [5.74, 6) is 1.78. The minimum absolute atomic E-state index is 0.584. The van der Waals surface area contributed by atoms with Crippen LogP contribution in [0.4, 0.5) is 0 Å². The van der Waals surface area contributed by atoms with Crippen molar-refractivity contribution >= 4 is 65.4 Å². The van der Waals surface area contributed by atoms with Crippen LogP contribution in [0.2, 0.25) is 0 Å². The maximum absolute atomic E-state index is 6.28. The number of fused-ring (bicyclic) bond motifs is 8. The molecule has 6 heteroatoms. The van der Waals surface area contributed by atoms with Gasteiger partial charge in [-0.25, -0.2) is 15.0 Å². The summed E-state index contributed by atoms with van der Waals surface area (Å²) >= 11 is 0. The first kappa shape index (κ1) is 28.6. The molecule has 0 N–H and O–H groups in total. The van der Waals surface area contributed by atoms with E-state index >= 15 is 0 Å². The second-order valence-electron chi connectivity index (χ2n) is 13.0. The van der Waals surface area contributed by atoms with E-state index in [9.17, 15) is 0 Å². The largest absolute Gasteiger partial charge is 0.456 e. The Bertz CT molecular complexity index is 3210. The van der Waals surface area contributed by atoms with Gasteiger partial charge < -0.3 is 8.83 Å². The first-order valence-corrected chi connectivity index (χ1v) is 17.2. The topological polar surface area (TPSA) is 77.8 Å². The van der Waals surface area contributed by atoms with Gasteiger partial charge in [0.25, 0.3) is 0 Å². The van der Waals surface area contributed by atoms with Gasteiger partial charge in [-0.2, -0.15) is 0 Å². The molecule has 11 aromatic rings. The zero-order valence-corrected chi connectivity index (χ0v) is 27.6. The highest BCUT2D eigenvalue weighted by atomic mass is 16.3. The smallest absolute Gasteiger partial charge is 0.164 e. The predicted octanol–water partition coefficient (Wildman–Crippen LogP) is 12.0. The average molecular weight is 667 g/mol. The van der Waals surface area contributed by atoms with Crippen molar-refractivity contribution < 1.29 is 8.83 Å². The molecule has 0 fully saturated rings. The monoisotopic (exact) mass is 666 g/mol. The van der Waals surface area contributed by atoms with Crippen LogP contribution >= 0.6 is 0 Å². The van der Waals surface area contributed by atoms with Crippen molar-refractivity contribution in [2.24, 2.45) is 0 Å². The third-order valence-corrected chi connectivity index (χ3v) is 10.0. The summed E-state index contributed by atoms with van der Waals surface area (Å²) in [7, 11) is 0. The van der Waals surface area contributed by atoms with E-state index in [0.717, 1.165) is 93.2 Å². The van der Waals surface area contributed by atoms with Crippen LogP contribution in [0.5, 0.6) is 0 Å². The van der Waals surface area contributed by atoms with E-state index < -0.39 is 0 Å². The first-order chi connectivity index (χ1) is 25.8. The number of nitrogens with zero attached hydrogens (tertiary/aromatic N) is 4. The van der Waals surface area contributed by atoms with Crippen molar-refractivity contribution in [1.29, 1.82) is 0 Å². The second-order valence-corrected chi connectivity index (χ2v) is 13.0. The number of rotatable bonds is 4. The Morgan fingerprint density at radius 2 is 0.942 bits per heavy atom. The highest BCUT2D eigenvalue weighted by Crippen LogP contribution is 2.41. The van der Waals surface area contributed by atoms with Gasteiger partial charge in [-0.05, 0) is 63.0 Å². The highest BCUT2D eigenvalue weighted by Gasteiger charge is 2.20. The molecule has 7 aromatic carbocycles. The van der Waals surface area contributed by atoms with Gasteiger partial charge in [-0.15, -0.1) is 0 Å². The summed E-state index contributed by atoms with van der Waals surface area (Å²) < 4.78 is 12.5. The van der Waals surface area contributed by atoms with Crippen LogP contribution in [0.1, 0.15) is 0 Å². The van der Waals surface area contributed by atoms with E-state index in [0.29, 0.717) is 17.5 Å². The van der Waals surface area contributed by atoms with Gasteiger partial charge in [-0.3, -0.25) is 4.98 Å². The number of furan rings is 2. The number of pyridine rings is 1. The molecule has 0 radical (unpaired) electrons. The Balaban J connectivity index is 1.17. The molecular weight excluding hydrogens is 641 g/mol. The number of benzene rings is 7. The molecule has 52 heavy (non-hydrogen) atoms. The average Bonchev–Trinajstić information content (AvgIpc) is 3.79. The minimum Gasteiger partial charge on any atom is -0.456 e. The number of hydrogen-bond donors (Lipinski definition) is 0. The van der Waals surface area contributed by atoms with Gasteiger partial charge in [0.15, 0.2) is 17.5 Å². The predicted molar refractivity (Wildman–Crippen MR) is 209 cm³/mol. The van der Waals surface area contributed by atoms with Crippen LogP contribution in [0, 0.1) is 0 Å². The quantitative estimate of drug-likeness (QED) is 0.186. The fourth-order valence-corrected chi connectivity index (χ4v) is 7.67. The van der Waals surface area contributed by atoms with E-state index in [4.69, 9.17) is 23.8 Å². The molecule has 0 aliphatic heterocycles. The molecule has 0 aliphatic rings. The summed E-state index contributed by atoms with van der Waals surface area (Å²) in [6.45, 7) is 0. The van der Waals surface area contributed by atoms with Crippen LogP contribution in [0.3, 0.4) is 0 Å². The van der Waals surface area contributed by atoms with Crippen LogP contribution in [0.25, 0.3) is 111 Å². The minimum atomic E-state index is 0.584. The van der Waals surface area contributed by atoms with E-state index in [-0.39, 0.29) is 0 Å². The normalized spacial score (nSPS) is 11.8. The number of hydrogen-bond acceptors (Lipinski definition) is 6. The molecule has 0 spiro atoms. The van der Waals surface area contributed by atoms with Crippen molar-refractivity contribution in [3.8, 4) is 45.3 Å². The molecule has 0 bridgehead atoms. The highest BCUT2D eigenvalue weighted by molar-refractivity contribution is 6.16. The van der Waals surface area contributed by atoms with E-state index in [2.05, 4.69) is 102 Å². The Labute approximate surface area is 296 Å². The lowest BCUT2D eigenvalue weighted by Crippen LogP contribution is -2.01. The lowest BCUT2D eigenvalue weighted by molar-refractivity contribution is 0.668. The maximum Gasteiger partial charge on any atom is 0.164 e. The molecule has 4 aromatic heterocycles. The molecular formula is C46H26N4O2. The Morgan fingerprint density at radius 3 is 1.79 bits per heavy atom. The van der Waals surface area contributed by atoms with Gasteiger partial charge in [-0.1, -0.05) is 115 Å². The Hall–Kier alpha value is -7.18. The third kappa shape index (κ3) is 4.38. The summed E-state index contributed by atoms with van der Waals surface area (Å²) in [5, 5.41) is 8.45. The summed E-state index contributed by atoms with van der Waals surface area (Å²) in [4.78, 5) is 20.0. The van der Waals surface area contributed by atoms with Gasteiger partial charge >= 0.3 is 0 Å². The Morgan fingerprint density at radius 1 is 0.365 bits per heavy atom. The molecule has 0 aliphatic carbocycles. The van der Waals surface area contributed by atoms with E-state index in [1.165, 1.54) is 0 Å². The zero-order valence-electron chi connectivity index (χ0n) is 27.6. The SMILES string of the molecule is c1ccc2cc(-c3nc(-c4cccc5c(-c6cccc7oc8ccncc8c67)cccc45)nc(-c4cccc5oc6ccccc6c45)n3)ccc2c1. The van der Waals surface area contributed by atoms with Crippen LogP contribution in [-0.2, 0) is 0 Å². The fourth-order valence-electron chi connectivity index (χ4n) is 7.67. The van der Waals surface area contributed by atoms with Gasteiger partial charge in [0.2, 0.25) is 0 Å². The molecule has 0 amide bonds. The molecule has 0 atom stereocenters. The zero-order chi connectivity index (χ0) is 34.2. The van der Waals surface area contributed by atoms with Gasteiger partial charge in [0.05, 0.1) is 0 Å². The van der Waals surface area contributed by atoms with E-state index in [1.54, 1.807) is 6.20 Å². The number of para-hydroxylation sites is 1. The van der Waals surface area contributed by atoms with Crippen LogP contribution < -0.4 is 0 Å². The van der Waals surface area contributed by atoms with Crippen molar-refractivity contribution in [1.82, 2.24) is 19.9 Å². The molecule has 11 rings (SSSR count). The summed E-state index contributed by atoms with van der Waals surface area (Å²) in [5.41, 5.74) is 8.16. The molecule has 0 saturated carbocycles. The maximum atomic E-state index is 6.28. The molecule has 242 valence electrons. The van der Waals surface area contributed by atoms with Crippen LogP contribution in [-0.4, -0.2) is 19.9 Å². The van der Waals surface area contributed by atoms with Crippen molar-refractivity contribution in [3.05, 3.63) is 158 Å². The lowest BCUT2D eigenvalue weighted by atomic mass is 9.93. The third-order valence-electron chi connectivity index (χ3n) is 10.0. The van der Waals surface area contributed by atoms with Crippen LogP contribution in [0.15, 0.2) is 167 Å². The summed E-state index contributed by atoms with van der Waals surface area (Å²) in [6.07, 6.45) is 3.64. The van der Waals surface area contributed by atoms with Crippen molar-refractivity contribution in [2.45, 2.75) is 0 Å². The Kier molecular flexibility index (Phi) is 6.15. The standard InChI is InChI=1S/C46H26N4O2/c1-2-10-28-25-29(22-21-27(28)9-1)44-48-45(50-46(49-44)36-17-8-20-41-43(36)35-11-3-4-18-38(35)51-41)34-16-6-12-30-31(13-5-14-32(30)34)33-15-7-19-40-42(33)37-26-47-24-23-39(37)52-40/h1-26H. The van der Waals surface area contributed by atoms with Gasteiger partial charge in [0.1, 0.15) is 22.3 Å². The number of aromatic nitrogens is 4. The van der Waals surface area contributed by atoms with E-state index in [1.807, 2.05) is 54.7 Å².